The van der Waals surface area contributed by atoms with Crippen LogP contribution in [0.4, 0.5) is 0 Å². The van der Waals surface area contributed by atoms with Crippen molar-refractivity contribution in [2.24, 2.45) is 5.73 Å². The van der Waals surface area contributed by atoms with Gasteiger partial charge in [0.15, 0.2) is 0 Å². The van der Waals surface area contributed by atoms with Crippen LogP contribution in [-0.4, -0.2) is 5.91 Å². The predicted molar refractivity (Wildman–Crippen MR) is 116 cm³/mol. The van der Waals surface area contributed by atoms with Crippen molar-refractivity contribution in [1.82, 2.24) is 0 Å². The molecule has 0 heterocycles. The van der Waals surface area contributed by atoms with Crippen LogP contribution in [0.25, 0.3) is 0 Å². The van der Waals surface area contributed by atoms with E-state index in [0.717, 1.165) is 0 Å². The molecule has 2 heteroatoms. The maximum absolute atomic E-state index is 10.8. The van der Waals surface area contributed by atoms with Gasteiger partial charge < -0.3 is 5.73 Å². The fraction of sp³-hybridized carbons (Fsp3) is 0.458. The third-order valence-corrected chi connectivity index (χ3v) is 3.98. The number of hydrogen-bond acceptors (Lipinski definition) is 1. The minimum Gasteiger partial charge on any atom is -0.366 e. The summed E-state index contributed by atoms with van der Waals surface area (Å²) >= 11 is 0. The van der Waals surface area contributed by atoms with Gasteiger partial charge in [-0.25, -0.2) is 0 Å². The third kappa shape index (κ3) is 18.3. The van der Waals surface area contributed by atoms with Crippen molar-refractivity contribution in [1.29, 1.82) is 0 Å². The first-order valence-electron chi connectivity index (χ1n) is 9.98. The van der Waals surface area contributed by atoms with Gasteiger partial charge in [0.2, 0.25) is 5.91 Å². The molecule has 0 bridgehead atoms. The summed E-state index contributed by atoms with van der Waals surface area (Å²) in [5, 5.41) is 0. The predicted octanol–water partition coefficient (Wildman–Crippen LogP) is 6.73. The molecule has 0 aromatic rings. The fourth-order valence-corrected chi connectivity index (χ4v) is 2.30. The lowest BCUT2D eigenvalue weighted by molar-refractivity contribution is -0.114. The highest BCUT2D eigenvalue weighted by atomic mass is 16.1. The molecule has 0 aromatic heterocycles. The largest absolute Gasteiger partial charge is 0.366 e. The van der Waals surface area contributed by atoms with Crippen LogP contribution in [-0.2, 0) is 4.79 Å². The molecule has 0 atom stereocenters. The van der Waals surface area contributed by atoms with Gasteiger partial charge >= 0.3 is 0 Å². The topological polar surface area (TPSA) is 43.1 Å². The van der Waals surface area contributed by atoms with Crippen molar-refractivity contribution in [3.63, 3.8) is 0 Å². The average Bonchev–Trinajstić information content (AvgIpc) is 2.63. The van der Waals surface area contributed by atoms with Gasteiger partial charge in [-0.3, -0.25) is 4.79 Å². The highest BCUT2D eigenvalue weighted by Gasteiger charge is 1.92. The number of carbonyl (C=O) groups is 1. The summed E-state index contributed by atoms with van der Waals surface area (Å²) in [6, 6.07) is 0. The van der Waals surface area contributed by atoms with E-state index < -0.39 is 0 Å². The Balaban J connectivity index is 3.64. The fourth-order valence-electron chi connectivity index (χ4n) is 2.30. The Morgan fingerprint density at radius 3 is 1.69 bits per heavy atom. The minimum atomic E-state index is -0.390. The van der Waals surface area contributed by atoms with Crippen molar-refractivity contribution in [2.45, 2.75) is 71.6 Å². The second-order valence-electron chi connectivity index (χ2n) is 6.45. The summed E-state index contributed by atoms with van der Waals surface area (Å²) in [7, 11) is 0. The molecule has 2 N–H and O–H groups in total. The maximum atomic E-state index is 10.8. The average molecular weight is 356 g/mol. The van der Waals surface area contributed by atoms with Crippen LogP contribution in [0.5, 0.6) is 0 Å². The Morgan fingerprint density at radius 1 is 0.692 bits per heavy atom. The van der Waals surface area contributed by atoms with Gasteiger partial charge in [0.05, 0.1) is 0 Å². The number of primary amides is 1. The lowest BCUT2D eigenvalue weighted by atomic mass is 10.1. The second kappa shape index (κ2) is 19.2. The number of amides is 1. The Labute approximate surface area is 160 Å². The summed E-state index contributed by atoms with van der Waals surface area (Å²) in [5.74, 6) is -0.390. The summed E-state index contributed by atoms with van der Waals surface area (Å²) in [5.41, 5.74) is 5.68. The van der Waals surface area contributed by atoms with Crippen molar-refractivity contribution >= 4 is 5.91 Å². The summed E-state index contributed by atoms with van der Waals surface area (Å²) in [6.07, 6.45) is 33.8. The van der Waals surface area contributed by atoms with Gasteiger partial charge in [0, 0.05) is 5.57 Å². The first kappa shape index (κ1) is 23.9. The second-order valence-corrected chi connectivity index (χ2v) is 6.45. The Hall–Kier alpha value is -2.09. The number of allylic oxidation sites excluding steroid dienone is 11. The molecule has 0 aliphatic rings. The Bertz CT molecular complexity index is 518. The van der Waals surface area contributed by atoms with Crippen LogP contribution < -0.4 is 5.73 Å². The van der Waals surface area contributed by atoms with Crippen LogP contribution in [0.1, 0.15) is 71.6 Å². The molecule has 2 nitrogen and oxygen atoms in total. The number of unbranched alkanes of at least 4 members (excludes halogenated alkanes) is 8. The molecule has 0 aromatic carbocycles. The zero-order valence-electron chi connectivity index (χ0n) is 16.7. The molecule has 144 valence electrons. The Morgan fingerprint density at radius 2 is 1.15 bits per heavy atom. The van der Waals surface area contributed by atoms with Gasteiger partial charge in [0.1, 0.15) is 0 Å². The van der Waals surface area contributed by atoms with Crippen LogP contribution in [0.3, 0.4) is 0 Å². The zero-order chi connectivity index (χ0) is 19.3. The van der Waals surface area contributed by atoms with Gasteiger partial charge in [-0.15, -0.1) is 0 Å². The quantitative estimate of drug-likeness (QED) is 0.197. The van der Waals surface area contributed by atoms with E-state index in [-0.39, 0.29) is 5.91 Å². The minimum absolute atomic E-state index is 0.390. The van der Waals surface area contributed by atoms with Crippen molar-refractivity contribution < 1.29 is 4.79 Å². The van der Waals surface area contributed by atoms with Gasteiger partial charge in [-0.1, -0.05) is 119 Å². The summed E-state index contributed by atoms with van der Waals surface area (Å²) in [4.78, 5) is 10.8. The molecular weight excluding hydrogens is 318 g/mol. The molecule has 0 saturated carbocycles. The molecule has 0 radical (unpaired) electrons. The molecule has 26 heavy (non-hydrogen) atoms. The number of hydrogen-bond donors (Lipinski definition) is 1. The molecule has 0 aliphatic heterocycles. The van der Waals surface area contributed by atoms with Gasteiger partial charge in [-0.05, 0) is 19.8 Å². The molecule has 0 unspecified atom stereocenters. The van der Waals surface area contributed by atoms with E-state index in [4.69, 9.17) is 5.73 Å². The first-order valence-corrected chi connectivity index (χ1v) is 9.98. The standard InChI is InChI=1S/C24H37NO/c1-3-4-5-6-7-8-9-10-11-12-13-14-15-16-17-18-19-20-21-22-23(2)24(25)26/h12-22H,3-11H2,1-2H3,(H2,25,26)/b13-12+,15-14+,17-16+,19-18+,21-20+,23-22+. The van der Waals surface area contributed by atoms with E-state index in [1.54, 1.807) is 19.1 Å². The van der Waals surface area contributed by atoms with E-state index in [0.29, 0.717) is 5.57 Å². The van der Waals surface area contributed by atoms with Crippen LogP contribution in [0.2, 0.25) is 0 Å². The molecule has 1 amide bonds. The van der Waals surface area contributed by atoms with Crippen LogP contribution in [0.15, 0.2) is 72.4 Å². The van der Waals surface area contributed by atoms with Gasteiger partial charge in [-0.2, -0.15) is 0 Å². The number of rotatable bonds is 15. The van der Waals surface area contributed by atoms with E-state index in [1.165, 1.54) is 57.8 Å². The van der Waals surface area contributed by atoms with E-state index in [2.05, 4.69) is 25.2 Å². The molecule has 0 saturated heterocycles. The lowest BCUT2D eigenvalue weighted by Crippen LogP contribution is -2.11. The molecular formula is C24H37NO. The number of nitrogens with two attached hydrogens (primary N) is 1. The summed E-state index contributed by atoms with van der Waals surface area (Å²) < 4.78 is 0. The monoisotopic (exact) mass is 355 g/mol. The van der Waals surface area contributed by atoms with E-state index in [9.17, 15) is 4.79 Å². The highest BCUT2D eigenvalue weighted by Crippen LogP contribution is 2.09. The maximum Gasteiger partial charge on any atom is 0.244 e. The molecule has 0 aliphatic carbocycles. The van der Waals surface area contributed by atoms with E-state index in [1.807, 2.05) is 36.5 Å². The van der Waals surface area contributed by atoms with Crippen LogP contribution in [0, 0.1) is 0 Å². The number of carbonyl (C=O) groups excluding carboxylic acids is 1. The normalized spacial score (nSPS) is 13.4. The van der Waals surface area contributed by atoms with Crippen molar-refractivity contribution in [3.8, 4) is 0 Å². The SMILES string of the molecule is CCCCCCCCCC/C=C/C=C/C=C/C=C/C=C/C=C(\C)C(N)=O. The Kier molecular flexibility index (Phi) is 17.7. The van der Waals surface area contributed by atoms with E-state index >= 15 is 0 Å². The highest BCUT2D eigenvalue weighted by molar-refractivity contribution is 5.91. The molecule has 0 fully saturated rings. The molecule has 0 spiro atoms. The van der Waals surface area contributed by atoms with Crippen LogP contribution >= 0.6 is 0 Å². The molecule has 0 rings (SSSR count). The zero-order valence-corrected chi connectivity index (χ0v) is 16.7. The smallest absolute Gasteiger partial charge is 0.244 e. The third-order valence-electron chi connectivity index (χ3n) is 3.98. The first-order chi connectivity index (χ1) is 12.7. The lowest BCUT2D eigenvalue weighted by Gasteiger charge is -1.99. The summed E-state index contributed by atoms with van der Waals surface area (Å²) in [6.45, 7) is 3.96. The van der Waals surface area contributed by atoms with Gasteiger partial charge in [0.25, 0.3) is 0 Å². The van der Waals surface area contributed by atoms with Crippen molar-refractivity contribution in [2.75, 3.05) is 0 Å². The van der Waals surface area contributed by atoms with Crippen molar-refractivity contribution in [3.05, 3.63) is 72.4 Å².